The van der Waals surface area contributed by atoms with Gasteiger partial charge in [0.25, 0.3) is 5.91 Å². The van der Waals surface area contributed by atoms with E-state index in [0.29, 0.717) is 18.2 Å². The number of aromatic amines is 1. The van der Waals surface area contributed by atoms with Crippen LogP contribution in [0.15, 0.2) is 36.5 Å². The maximum Gasteiger partial charge on any atom is 0.497 e. The van der Waals surface area contributed by atoms with Crippen LogP contribution in [0.5, 0.6) is 0 Å². The number of fused-ring (bicyclic) bond motifs is 1. The summed E-state index contributed by atoms with van der Waals surface area (Å²) in [5.74, 6) is -2.64. The van der Waals surface area contributed by atoms with Gasteiger partial charge in [0.05, 0.1) is 33.5 Å². The van der Waals surface area contributed by atoms with Gasteiger partial charge in [0.2, 0.25) is 0 Å². The van der Waals surface area contributed by atoms with Gasteiger partial charge >= 0.3 is 13.3 Å². The number of rotatable bonds is 3. The van der Waals surface area contributed by atoms with Crippen molar-refractivity contribution in [1.82, 2.24) is 4.98 Å². The Bertz CT molecular complexity index is 1240. The number of hydrogen-bond acceptors (Lipinski definition) is 3. The standard InChI is InChI=1S/C22H20BF5N2O3/c1-20(2)21(3,4)33-23(32-20)14-7-6-12-13(10-29-18(12)17(14)25)19(31)30-16-9-11(22(26,27)28)5-8-15(16)24/h5-10,29H,1-4H3,(H,30,31). The van der Waals surface area contributed by atoms with Crippen molar-refractivity contribution in [2.45, 2.75) is 45.1 Å². The number of alkyl halides is 3. The van der Waals surface area contributed by atoms with Crippen LogP contribution in [0.2, 0.25) is 0 Å². The number of anilines is 1. The van der Waals surface area contributed by atoms with Gasteiger partial charge < -0.3 is 19.6 Å². The van der Waals surface area contributed by atoms with Crippen molar-refractivity contribution in [3.8, 4) is 0 Å². The van der Waals surface area contributed by atoms with Gasteiger partial charge in [-0.15, -0.1) is 0 Å². The first-order chi connectivity index (χ1) is 15.2. The largest absolute Gasteiger partial charge is 0.497 e. The third kappa shape index (κ3) is 3.99. The minimum absolute atomic E-state index is 0.0168. The second kappa shape index (κ2) is 7.56. The number of H-pyrrole nitrogens is 1. The molecule has 4 rings (SSSR count). The summed E-state index contributed by atoms with van der Waals surface area (Å²) in [5, 5.41) is 2.29. The van der Waals surface area contributed by atoms with Gasteiger partial charge in [-0.05, 0) is 45.9 Å². The van der Waals surface area contributed by atoms with Gasteiger partial charge in [-0.25, -0.2) is 8.78 Å². The Morgan fingerprint density at radius 1 is 1.03 bits per heavy atom. The summed E-state index contributed by atoms with van der Waals surface area (Å²) in [6.07, 6.45) is -3.51. The SMILES string of the molecule is CC1(C)OB(c2ccc3c(C(=O)Nc4cc(C(F)(F)F)ccc4F)c[nH]c3c2F)OC1(C)C. The number of benzene rings is 2. The summed E-state index contributed by atoms with van der Waals surface area (Å²) in [6.45, 7) is 7.31. The van der Waals surface area contributed by atoms with E-state index in [0.717, 1.165) is 0 Å². The monoisotopic (exact) mass is 466 g/mol. The fourth-order valence-electron chi connectivity index (χ4n) is 3.51. The molecular formula is C22H20BF5N2O3. The second-order valence-electron chi connectivity index (χ2n) is 8.83. The molecule has 1 aliphatic rings. The van der Waals surface area contributed by atoms with E-state index < -0.39 is 53.3 Å². The third-order valence-electron chi connectivity index (χ3n) is 6.12. The topological polar surface area (TPSA) is 63.3 Å². The van der Waals surface area contributed by atoms with E-state index in [1.807, 2.05) is 27.7 Å². The van der Waals surface area contributed by atoms with Crippen LogP contribution in [0, 0.1) is 11.6 Å². The minimum Gasteiger partial charge on any atom is -0.399 e. The summed E-state index contributed by atoms with van der Waals surface area (Å²) < 4.78 is 79.8. The molecule has 0 atom stereocenters. The van der Waals surface area contributed by atoms with E-state index in [1.54, 1.807) is 0 Å². The molecule has 5 nitrogen and oxygen atoms in total. The van der Waals surface area contributed by atoms with Crippen molar-refractivity contribution in [3.63, 3.8) is 0 Å². The van der Waals surface area contributed by atoms with Crippen molar-refractivity contribution < 1.29 is 36.1 Å². The molecule has 1 fully saturated rings. The zero-order valence-electron chi connectivity index (χ0n) is 18.2. The molecule has 1 aliphatic heterocycles. The van der Waals surface area contributed by atoms with Crippen LogP contribution in [0.25, 0.3) is 10.9 Å². The molecule has 2 N–H and O–H groups in total. The highest BCUT2D eigenvalue weighted by molar-refractivity contribution is 6.62. The highest BCUT2D eigenvalue weighted by Crippen LogP contribution is 2.37. The zero-order chi connectivity index (χ0) is 24.3. The number of carbonyl (C=O) groups excluding carboxylic acids is 1. The fraction of sp³-hybridized carbons (Fsp3) is 0.318. The van der Waals surface area contributed by atoms with Crippen LogP contribution >= 0.6 is 0 Å². The molecule has 0 saturated carbocycles. The van der Waals surface area contributed by atoms with Crippen molar-refractivity contribution in [2.24, 2.45) is 0 Å². The highest BCUT2D eigenvalue weighted by Gasteiger charge is 2.52. The smallest absolute Gasteiger partial charge is 0.399 e. The highest BCUT2D eigenvalue weighted by atomic mass is 19.4. The molecule has 3 aromatic rings. The van der Waals surface area contributed by atoms with Crippen LogP contribution < -0.4 is 10.8 Å². The molecule has 0 unspecified atom stereocenters. The molecule has 0 spiro atoms. The number of aromatic nitrogens is 1. The molecule has 2 aromatic carbocycles. The molecule has 33 heavy (non-hydrogen) atoms. The average molecular weight is 466 g/mol. The third-order valence-corrected chi connectivity index (χ3v) is 6.12. The average Bonchev–Trinajstić information content (AvgIpc) is 3.21. The molecule has 2 heterocycles. The number of nitrogens with one attached hydrogen (secondary N) is 2. The van der Waals surface area contributed by atoms with Gasteiger partial charge in [-0.1, -0.05) is 12.1 Å². The lowest BCUT2D eigenvalue weighted by Gasteiger charge is -2.32. The Morgan fingerprint density at radius 2 is 1.67 bits per heavy atom. The van der Waals surface area contributed by atoms with Crippen LogP contribution in [-0.4, -0.2) is 29.2 Å². The first kappa shape index (κ1) is 23.3. The Balaban J connectivity index is 1.65. The Hall–Kier alpha value is -2.92. The van der Waals surface area contributed by atoms with Gasteiger partial charge in [-0.2, -0.15) is 13.2 Å². The maximum absolute atomic E-state index is 15.3. The van der Waals surface area contributed by atoms with Gasteiger partial charge in [0, 0.05) is 17.0 Å². The minimum atomic E-state index is -4.71. The van der Waals surface area contributed by atoms with Crippen LogP contribution in [0.3, 0.4) is 0 Å². The molecule has 1 amide bonds. The summed E-state index contributed by atoms with van der Waals surface area (Å²) in [7, 11) is -0.973. The molecule has 1 saturated heterocycles. The van der Waals surface area contributed by atoms with E-state index in [9.17, 15) is 22.4 Å². The molecule has 174 valence electrons. The van der Waals surface area contributed by atoms with Gasteiger partial charge in [0.1, 0.15) is 11.6 Å². The zero-order valence-corrected chi connectivity index (χ0v) is 18.2. The summed E-state index contributed by atoms with van der Waals surface area (Å²) in [6, 6.07) is 4.56. The lowest BCUT2D eigenvalue weighted by molar-refractivity contribution is -0.137. The van der Waals surface area contributed by atoms with Gasteiger partial charge in [0.15, 0.2) is 0 Å². The normalized spacial score (nSPS) is 17.5. The van der Waals surface area contributed by atoms with E-state index >= 15 is 4.39 Å². The Labute approximate surface area is 186 Å². The van der Waals surface area contributed by atoms with Crippen molar-refractivity contribution in [1.29, 1.82) is 0 Å². The van der Waals surface area contributed by atoms with E-state index in [4.69, 9.17) is 9.31 Å². The summed E-state index contributed by atoms with van der Waals surface area (Å²) in [5.41, 5.74) is -3.09. The van der Waals surface area contributed by atoms with E-state index in [2.05, 4.69) is 10.3 Å². The van der Waals surface area contributed by atoms with Crippen molar-refractivity contribution in [2.75, 3.05) is 5.32 Å². The Morgan fingerprint density at radius 3 is 2.27 bits per heavy atom. The lowest BCUT2D eigenvalue weighted by atomic mass is 9.78. The summed E-state index contributed by atoms with van der Waals surface area (Å²) >= 11 is 0. The molecule has 0 aliphatic carbocycles. The molecular weight excluding hydrogens is 446 g/mol. The number of halogens is 5. The van der Waals surface area contributed by atoms with Crippen molar-refractivity contribution in [3.05, 3.63) is 59.3 Å². The quantitative estimate of drug-likeness (QED) is 0.421. The van der Waals surface area contributed by atoms with Crippen LogP contribution in [0.1, 0.15) is 43.6 Å². The molecule has 0 radical (unpaired) electrons. The molecule has 11 heteroatoms. The fourth-order valence-corrected chi connectivity index (χ4v) is 3.51. The predicted molar refractivity (Wildman–Crippen MR) is 113 cm³/mol. The van der Waals surface area contributed by atoms with Crippen LogP contribution in [-0.2, 0) is 15.5 Å². The summed E-state index contributed by atoms with van der Waals surface area (Å²) in [4.78, 5) is 15.3. The first-order valence-corrected chi connectivity index (χ1v) is 10.0. The number of hydrogen-bond donors (Lipinski definition) is 2. The van der Waals surface area contributed by atoms with Crippen molar-refractivity contribution >= 4 is 35.1 Å². The number of amides is 1. The van der Waals surface area contributed by atoms with Crippen LogP contribution in [0.4, 0.5) is 27.6 Å². The lowest BCUT2D eigenvalue weighted by Crippen LogP contribution is -2.41. The Kier molecular flexibility index (Phi) is 5.33. The maximum atomic E-state index is 15.3. The first-order valence-electron chi connectivity index (χ1n) is 10.0. The van der Waals surface area contributed by atoms with E-state index in [-0.39, 0.29) is 21.9 Å². The molecule has 1 aromatic heterocycles. The van der Waals surface area contributed by atoms with E-state index in [1.165, 1.54) is 18.3 Å². The number of carbonyl (C=O) groups is 1. The second-order valence-corrected chi connectivity index (χ2v) is 8.83. The van der Waals surface area contributed by atoms with Gasteiger partial charge in [-0.3, -0.25) is 4.79 Å². The predicted octanol–water partition coefficient (Wildman–Crippen LogP) is 5.02. The molecule has 0 bridgehead atoms.